The number of fused-ring (bicyclic) bond motifs is 1. The second kappa shape index (κ2) is 7.36. The fraction of sp³-hybridized carbons (Fsp3) is 0.333. The van der Waals surface area contributed by atoms with Crippen LogP contribution in [0.2, 0.25) is 0 Å². The lowest BCUT2D eigenvalue weighted by Crippen LogP contribution is -2.28. The Hall–Kier alpha value is -1.10. The second-order valence-corrected chi connectivity index (χ2v) is 3.75. The number of para-hydroxylation sites is 2. The fourth-order valence-electron chi connectivity index (χ4n) is 1.77. The third kappa shape index (κ3) is 3.22. The number of likely N-dealkylation sites (N-methyl/N-ethyl adjacent to an activating group) is 1. The second-order valence-electron chi connectivity index (χ2n) is 3.75. The maximum absolute atomic E-state index is 12.0. The monoisotopic (exact) mass is 289 g/mol. The van der Waals surface area contributed by atoms with Crippen molar-refractivity contribution >= 4 is 35.8 Å². The van der Waals surface area contributed by atoms with Gasteiger partial charge in [0.15, 0.2) is 0 Å². The molecule has 4 nitrogen and oxygen atoms in total. The average Bonchev–Trinajstić information content (AvgIpc) is 2.30. The highest BCUT2D eigenvalue weighted by molar-refractivity contribution is 5.85. The third-order valence-electron chi connectivity index (χ3n) is 2.60. The zero-order chi connectivity index (χ0) is 11.5. The predicted molar refractivity (Wildman–Crippen MR) is 79.2 cm³/mol. The molecule has 100 valence electrons. The van der Waals surface area contributed by atoms with Crippen LogP contribution in [0.25, 0.3) is 11.0 Å². The summed E-state index contributed by atoms with van der Waals surface area (Å²) in [4.78, 5) is 16.3. The van der Waals surface area contributed by atoms with Gasteiger partial charge in [0.25, 0.3) is 5.56 Å². The summed E-state index contributed by atoms with van der Waals surface area (Å²) in [5.74, 6) is 0. The van der Waals surface area contributed by atoms with E-state index in [4.69, 9.17) is 0 Å². The molecule has 18 heavy (non-hydrogen) atoms. The summed E-state index contributed by atoms with van der Waals surface area (Å²) < 4.78 is 1.77. The van der Waals surface area contributed by atoms with Crippen molar-refractivity contribution < 1.29 is 0 Å². The molecule has 2 aromatic rings. The highest BCUT2D eigenvalue weighted by atomic mass is 35.5. The van der Waals surface area contributed by atoms with E-state index in [1.807, 2.05) is 31.3 Å². The molecule has 0 spiro atoms. The summed E-state index contributed by atoms with van der Waals surface area (Å²) in [5.41, 5.74) is 2.31. The van der Waals surface area contributed by atoms with Gasteiger partial charge in [-0.1, -0.05) is 12.1 Å². The van der Waals surface area contributed by atoms with Crippen LogP contribution >= 0.6 is 24.8 Å². The van der Waals surface area contributed by atoms with Crippen molar-refractivity contribution in [2.24, 2.45) is 0 Å². The van der Waals surface area contributed by atoms with Crippen molar-refractivity contribution in [2.45, 2.75) is 13.5 Å². The molecule has 0 aliphatic rings. The fourth-order valence-corrected chi connectivity index (χ4v) is 1.77. The summed E-state index contributed by atoms with van der Waals surface area (Å²) in [7, 11) is 1.88. The Bertz CT molecular complexity index is 569. The van der Waals surface area contributed by atoms with E-state index in [-0.39, 0.29) is 30.4 Å². The molecule has 0 bridgehead atoms. The van der Waals surface area contributed by atoms with Crippen LogP contribution in [0.1, 0.15) is 5.69 Å². The van der Waals surface area contributed by atoms with Crippen molar-refractivity contribution in [3.8, 4) is 0 Å². The Morgan fingerprint density at radius 3 is 2.61 bits per heavy atom. The average molecular weight is 290 g/mol. The first kappa shape index (κ1) is 16.9. The van der Waals surface area contributed by atoms with Crippen molar-refractivity contribution in [3.63, 3.8) is 0 Å². The Morgan fingerprint density at radius 1 is 1.28 bits per heavy atom. The highest BCUT2D eigenvalue weighted by Gasteiger charge is 2.06. The molecular formula is C12H17Cl2N3O. The lowest BCUT2D eigenvalue weighted by molar-refractivity contribution is 0.638. The number of nitrogens with zero attached hydrogens (tertiary/aromatic N) is 2. The van der Waals surface area contributed by atoms with E-state index in [1.165, 1.54) is 0 Å². The van der Waals surface area contributed by atoms with Crippen molar-refractivity contribution in [1.29, 1.82) is 0 Å². The smallest absolute Gasteiger partial charge is 0.272 e. The van der Waals surface area contributed by atoms with Gasteiger partial charge in [0.05, 0.1) is 11.0 Å². The number of nitrogens with one attached hydrogen (secondary N) is 1. The van der Waals surface area contributed by atoms with E-state index in [0.29, 0.717) is 12.2 Å². The van der Waals surface area contributed by atoms with Crippen LogP contribution < -0.4 is 10.9 Å². The molecule has 0 amide bonds. The summed E-state index contributed by atoms with van der Waals surface area (Å²) >= 11 is 0. The van der Waals surface area contributed by atoms with E-state index in [0.717, 1.165) is 17.6 Å². The number of aromatic nitrogens is 2. The van der Waals surface area contributed by atoms with Crippen LogP contribution in [0.5, 0.6) is 0 Å². The maximum Gasteiger partial charge on any atom is 0.272 e. The normalized spacial score (nSPS) is 9.67. The molecule has 0 aliphatic heterocycles. The first-order chi connectivity index (χ1) is 7.74. The Kier molecular flexibility index (Phi) is 6.91. The number of rotatable bonds is 3. The number of benzene rings is 1. The number of hydrogen-bond donors (Lipinski definition) is 1. The van der Waals surface area contributed by atoms with E-state index in [2.05, 4.69) is 10.3 Å². The molecule has 0 fully saturated rings. The molecule has 2 rings (SSSR count). The molecule has 1 N–H and O–H groups in total. The maximum atomic E-state index is 12.0. The molecule has 0 saturated carbocycles. The van der Waals surface area contributed by atoms with Gasteiger partial charge in [-0.25, -0.2) is 4.98 Å². The summed E-state index contributed by atoms with van der Waals surface area (Å²) in [6, 6.07) is 7.72. The first-order valence-electron chi connectivity index (χ1n) is 5.35. The van der Waals surface area contributed by atoms with E-state index >= 15 is 0 Å². The minimum atomic E-state index is -0.00560. The molecule has 0 aliphatic carbocycles. The van der Waals surface area contributed by atoms with Crippen LogP contribution in [0.4, 0.5) is 0 Å². The zero-order valence-electron chi connectivity index (χ0n) is 10.3. The molecule has 1 aromatic carbocycles. The SMILES string of the molecule is CNCCn1c(=O)c(C)nc2ccccc21.Cl.Cl. The zero-order valence-corrected chi connectivity index (χ0v) is 12.0. The quantitative estimate of drug-likeness (QED) is 0.937. The third-order valence-corrected chi connectivity index (χ3v) is 2.60. The van der Waals surface area contributed by atoms with Gasteiger partial charge in [-0.05, 0) is 26.1 Å². The molecule has 6 heteroatoms. The van der Waals surface area contributed by atoms with Gasteiger partial charge in [0.2, 0.25) is 0 Å². The van der Waals surface area contributed by atoms with Gasteiger partial charge in [0, 0.05) is 13.1 Å². The number of aryl methyl sites for hydroxylation is 1. The molecule has 0 radical (unpaired) electrons. The van der Waals surface area contributed by atoms with Gasteiger partial charge in [-0.3, -0.25) is 4.79 Å². The van der Waals surface area contributed by atoms with Crippen molar-refractivity contribution in [1.82, 2.24) is 14.9 Å². The Labute approximate surface area is 118 Å². The topological polar surface area (TPSA) is 46.9 Å². The first-order valence-corrected chi connectivity index (χ1v) is 5.35. The summed E-state index contributed by atoms with van der Waals surface area (Å²) in [6.45, 7) is 3.19. The molecule has 0 saturated heterocycles. The number of hydrogen-bond acceptors (Lipinski definition) is 3. The van der Waals surface area contributed by atoms with Crippen molar-refractivity contribution in [3.05, 3.63) is 40.3 Å². The van der Waals surface area contributed by atoms with Crippen LogP contribution in [-0.2, 0) is 6.54 Å². The van der Waals surface area contributed by atoms with Gasteiger partial charge >= 0.3 is 0 Å². The molecular weight excluding hydrogens is 273 g/mol. The van der Waals surface area contributed by atoms with Gasteiger partial charge in [-0.15, -0.1) is 24.8 Å². The van der Waals surface area contributed by atoms with Crippen LogP contribution in [0.3, 0.4) is 0 Å². The molecule has 1 aromatic heterocycles. The predicted octanol–water partition coefficient (Wildman–Crippen LogP) is 1.77. The minimum Gasteiger partial charge on any atom is -0.318 e. The number of halogens is 2. The summed E-state index contributed by atoms with van der Waals surface area (Å²) in [6.07, 6.45) is 0. The minimum absolute atomic E-state index is 0. The van der Waals surface area contributed by atoms with E-state index < -0.39 is 0 Å². The van der Waals surface area contributed by atoms with E-state index in [1.54, 1.807) is 11.5 Å². The van der Waals surface area contributed by atoms with E-state index in [9.17, 15) is 4.79 Å². The Morgan fingerprint density at radius 2 is 1.94 bits per heavy atom. The van der Waals surface area contributed by atoms with Crippen LogP contribution in [-0.4, -0.2) is 23.1 Å². The van der Waals surface area contributed by atoms with Gasteiger partial charge in [0.1, 0.15) is 5.69 Å². The standard InChI is InChI=1S/C12H15N3O.2ClH/c1-9-12(16)15(8-7-13-2)11-6-4-3-5-10(11)14-9;;/h3-6,13H,7-8H2,1-2H3;2*1H. The van der Waals surface area contributed by atoms with Crippen LogP contribution in [0.15, 0.2) is 29.1 Å². The lowest BCUT2D eigenvalue weighted by atomic mass is 10.3. The molecule has 0 atom stereocenters. The molecule has 0 unspecified atom stereocenters. The summed E-state index contributed by atoms with van der Waals surface area (Å²) in [5, 5.41) is 3.05. The lowest BCUT2D eigenvalue weighted by Gasteiger charge is -2.10. The highest BCUT2D eigenvalue weighted by Crippen LogP contribution is 2.09. The van der Waals surface area contributed by atoms with Gasteiger partial charge < -0.3 is 9.88 Å². The van der Waals surface area contributed by atoms with Crippen molar-refractivity contribution in [2.75, 3.05) is 13.6 Å². The largest absolute Gasteiger partial charge is 0.318 e. The van der Waals surface area contributed by atoms with Gasteiger partial charge in [-0.2, -0.15) is 0 Å². The van der Waals surface area contributed by atoms with Crippen LogP contribution in [0, 0.1) is 6.92 Å². The molecule has 1 heterocycles. The Balaban J connectivity index is 0.00000144.